The van der Waals surface area contributed by atoms with E-state index >= 15 is 0 Å². The molecule has 0 spiro atoms. The van der Waals surface area contributed by atoms with Crippen molar-refractivity contribution in [2.45, 2.75) is 20.3 Å². The number of halogens is 1. The first-order chi connectivity index (χ1) is 8.08. The Kier molecular flexibility index (Phi) is 5.79. The number of ether oxygens (including phenoxy) is 1. The molecule has 0 aromatic heterocycles. The largest absolute Gasteiger partial charge is 0.496 e. The summed E-state index contributed by atoms with van der Waals surface area (Å²) < 4.78 is 5.45. The molecule has 1 rings (SSSR count). The number of nitrogens with zero attached hydrogens (tertiary/aromatic N) is 1. The van der Waals surface area contributed by atoms with Gasteiger partial charge < -0.3 is 9.64 Å². The zero-order chi connectivity index (χ0) is 12.8. The summed E-state index contributed by atoms with van der Waals surface area (Å²) in [7, 11) is 3.83. The minimum atomic E-state index is 0.681. The van der Waals surface area contributed by atoms with Gasteiger partial charge in [-0.25, -0.2) is 0 Å². The van der Waals surface area contributed by atoms with Crippen LogP contribution in [0.5, 0.6) is 5.75 Å². The van der Waals surface area contributed by atoms with Crippen LogP contribution in [-0.4, -0.2) is 38.0 Å². The molecule has 0 aliphatic carbocycles. The molecule has 0 saturated carbocycles. The molecule has 0 unspecified atom stereocenters. The normalized spacial score (nSPS) is 10.9. The van der Waals surface area contributed by atoms with E-state index in [2.05, 4.69) is 37.9 Å². The van der Waals surface area contributed by atoms with Gasteiger partial charge in [-0.15, -0.1) is 11.6 Å². The molecule has 0 heterocycles. The Balaban J connectivity index is 2.76. The van der Waals surface area contributed by atoms with Crippen LogP contribution in [0.4, 0.5) is 0 Å². The number of methoxy groups -OCH3 is 1. The van der Waals surface area contributed by atoms with Crippen LogP contribution in [0.1, 0.15) is 16.7 Å². The van der Waals surface area contributed by atoms with Crippen molar-refractivity contribution in [2.24, 2.45) is 0 Å². The highest BCUT2D eigenvalue weighted by atomic mass is 35.5. The van der Waals surface area contributed by atoms with Crippen molar-refractivity contribution in [3.05, 3.63) is 28.8 Å². The molecule has 17 heavy (non-hydrogen) atoms. The maximum atomic E-state index is 5.72. The molecule has 0 amide bonds. The molecule has 0 N–H and O–H groups in total. The van der Waals surface area contributed by atoms with E-state index in [1.165, 1.54) is 16.7 Å². The third kappa shape index (κ3) is 4.21. The summed E-state index contributed by atoms with van der Waals surface area (Å²) in [6.07, 6.45) is 1.00. The number of likely N-dealkylation sites (N-methyl/N-ethyl adjacent to an activating group) is 1. The first kappa shape index (κ1) is 14.3. The van der Waals surface area contributed by atoms with Gasteiger partial charge in [-0.1, -0.05) is 6.07 Å². The topological polar surface area (TPSA) is 12.5 Å². The van der Waals surface area contributed by atoms with E-state index < -0.39 is 0 Å². The predicted molar refractivity (Wildman–Crippen MR) is 74.4 cm³/mol. The van der Waals surface area contributed by atoms with Crippen molar-refractivity contribution in [1.82, 2.24) is 4.90 Å². The molecule has 0 aliphatic heterocycles. The number of aryl methyl sites for hydroxylation is 2. The molecule has 2 nitrogen and oxygen atoms in total. The van der Waals surface area contributed by atoms with E-state index in [4.69, 9.17) is 16.3 Å². The van der Waals surface area contributed by atoms with Crippen LogP contribution < -0.4 is 4.74 Å². The number of hydrogen-bond donors (Lipinski definition) is 0. The second-order valence-corrected chi connectivity index (χ2v) is 4.88. The Labute approximate surface area is 110 Å². The second-order valence-electron chi connectivity index (χ2n) is 4.50. The van der Waals surface area contributed by atoms with E-state index in [1.54, 1.807) is 7.11 Å². The third-order valence-electron chi connectivity index (χ3n) is 3.01. The van der Waals surface area contributed by atoms with Crippen LogP contribution in [0, 0.1) is 13.8 Å². The first-order valence-electron chi connectivity index (χ1n) is 5.97. The van der Waals surface area contributed by atoms with Crippen LogP contribution >= 0.6 is 11.6 Å². The molecule has 3 heteroatoms. The van der Waals surface area contributed by atoms with Crippen LogP contribution in [0.25, 0.3) is 0 Å². The van der Waals surface area contributed by atoms with Gasteiger partial charge >= 0.3 is 0 Å². The predicted octanol–water partition coefficient (Wildman–Crippen LogP) is 3.03. The van der Waals surface area contributed by atoms with Gasteiger partial charge in [0.05, 0.1) is 7.11 Å². The van der Waals surface area contributed by atoms with Crippen LogP contribution in [-0.2, 0) is 6.42 Å². The Hall–Kier alpha value is -0.730. The molecule has 0 radical (unpaired) electrons. The second kappa shape index (κ2) is 6.87. The first-order valence-corrected chi connectivity index (χ1v) is 6.50. The summed E-state index contributed by atoms with van der Waals surface area (Å²) in [6, 6.07) is 4.31. The van der Waals surface area contributed by atoms with E-state index in [9.17, 15) is 0 Å². The van der Waals surface area contributed by atoms with Crippen molar-refractivity contribution in [3.8, 4) is 5.75 Å². The summed E-state index contributed by atoms with van der Waals surface area (Å²) >= 11 is 5.72. The number of alkyl halides is 1. The third-order valence-corrected chi connectivity index (χ3v) is 3.18. The highest BCUT2D eigenvalue weighted by Gasteiger charge is 2.08. The lowest BCUT2D eigenvalue weighted by Crippen LogP contribution is -2.23. The minimum absolute atomic E-state index is 0.681. The van der Waals surface area contributed by atoms with Crippen molar-refractivity contribution in [3.63, 3.8) is 0 Å². The SMILES string of the molecule is COc1cc(C)cc(C)c1CCN(C)CCCl. The molecule has 1 aromatic carbocycles. The lowest BCUT2D eigenvalue weighted by atomic mass is 10.0. The van der Waals surface area contributed by atoms with Gasteiger partial charge in [0.1, 0.15) is 5.75 Å². The fraction of sp³-hybridized carbons (Fsp3) is 0.571. The van der Waals surface area contributed by atoms with Crippen LogP contribution in [0.15, 0.2) is 12.1 Å². The summed E-state index contributed by atoms with van der Waals surface area (Å²) in [6.45, 7) is 6.17. The standard InChI is InChI=1S/C14H22ClNO/c1-11-9-12(2)13(14(10-11)17-4)5-7-16(3)8-6-15/h9-10H,5-8H2,1-4H3. The lowest BCUT2D eigenvalue weighted by molar-refractivity contribution is 0.353. The molecular weight excluding hydrogens is 234 g/mol. The summed E-state index contributed by atoms with van der Waals surface area (Å²) in [4.78, 5) is 2.24. The van der Waals surface area contributed by atoms with Gasteiger partial charge in [0.15, 0.2) is 0 Å². The molecule has 0 atom stereocenters. The molecule has 0 saturated heterocycles. The van der Waals surface area contributed by atoms with E-state index in [0.29, 0.717) is 5.88 Å². The summed E-state index contributed by atoms with van der Waals surface area (Å²) in [5, 5.41) is 0. The minimum Gasteiger partial charge on any atom is -0.496 e. The van der Waals surface area contributed by atoms with Crippen LogP contribution in [0.3, 0.4) is 0 Å². The number of hydrogen-bond acceptors (Lipinski definition) is 2. The molecule has 1 aromatic rings. The van der Waals surface area contributed by atoms with Gasteiger partial charge in [-0.05, 0) is 50.1 Å². The smallest absolute Gasteiger partial charge is 0.122 e. The van der Waals surface area contributed by atoms with E-state index in [-0.39, 0.29) is 0 Å². The van der Waals surface area contributed by atoms with Crippen molar-refractivity contribution in [2.75, 3.05) is 33.1 Å². The van der Waals surface area contributed by atoms with Crippen LogP contribution in [0.2, 0.25) is 0 Å². The molecule has 0 fully saturated rings. The highest BCUT2D eigenvalue weighted by molar-refractivity contribution is 6.18. The van der Waals surface area contributed by atoms with E-state index in [1.807, 2.05) is 0 Å². The lowest BCUT2D eigenvalue weighted by Gasteiger charge is -2.18. The molecule has 96 valence electrons. The molecule has 0 aliphatic rings. The number of benzene rings is 1. The monoisotopic (exact) mass is 255 g/mol. The fourth-order valence-electron chi connectivity index (χ4n) is 2.02. The van der Waals surface area contributed by atoms with Gasteiger partial charge in [-0.3, -0.25) is 0 Å². The average molecular weight is 256 g/mol. The average Bonchev–Trinajstić information content (AvgIpc) is 2.27. The maximum Gasteiger partial charge on any atom is 0.122 e. The summed E-state index contributed by atoms with van der Waals surface area (Å²) in [5.41, 5.74) is 3.86. The fourth-order valence-corrected chi connectivity index (χ4v) is 2.31. The van der Waals surface area contributed by atoms with Crippen molar-refractivity contribution >= 4 is 11.6 Å². The Morgan fingerprint density at radius 2 is 1.94 bits per heavy atom. The molecule has 0 bridgehead atoms. The van der Waals surface area contributed by atoms with Gasteiger partial charge in [0, 0.05) is 19.0 Å². The van der Waals surface area contributed by atoms with Crippen molar-refractivity contribution < 1.29 is 4.74 Å². The van der Waals surface area contributed by atoms with Gasteiger partial charge in [0.25, 0.3) is 0 Å². The maximum absolute atomic E-state index is 5.72. The van der Waals surface area contributed by atoms with Gasteiger partial charge in [0.2, 0.25) is 0 Å². The molecular formula is C14H22ClNO. The van der Waals surface area contributed by atoms with Crippen molar-refractivity contribution in [1.29, 1.82) is 0 Å². The Bertz CT molecular complexity index is 365. The highest BCUT2D eigenvalue weighted by Crippen LogP contribution is 2.24. The Morgan fingerprint density at radius 1 is 1.24 bits per heavy atom. The Morgan fingerprint density at radius 3 is 2.53 bits per heavy atom. The summed E-state index contributed by atoms with van der Waals surface area (Å²) in [5.74, 6) is 1.68. The quantitative estimate of drug-likeness (QED) is 0.725. The van der Waals surface area contributed by atoms with E-state index in [0.717, 1.165) is 25.3 Å². The van der Waals surface area contributed by atoms with Gasteiger partial charge in [-0.2, -0.15) is 0 Å². The number of rotatable bonds is 6. The zero-order valence-corrected chi connectivity index (χ0v) is 12.0. The zero-order valence-electron chi connectivity index (χ0n) is 11.2.